The molecule has 3 aromatic heterocycles. The molecule has 0 N–H and O–H groups in total. The van der Waals surface area contributed by atoms with Crippen molar-refractivity contribution < 1.29 is 9.53 Å². The molecule has 28 heavy (non-hydrogen) atoms. The van der Waals surface area contributed by atoms with Crippen LogP contribution in [0.2, 0.25) is 0 Å². The largest absolute Gasteiger partial charge is 0.478 e. The van der Waals surface area contributed by atoms with Crippen molar-refractivity contribution >= 4 is 11.6 Å². The highest BCUT2D eigenvalue weighted by Crippen LogP contribution is 2.14. The van der Waals surface area contributed by atoms with E-state index in [1.165, 1.54) is 0 Å². The Balaban J connectivity index is 1.37. The topological polar surface area (TPSA) is 63.0 Å². The minimum atomic E-state index is 0.00767. The van der Waals surface area contributed by atoms with Gasteiger partial charge in [-0.2, -0.15) is 0 Å². The van der Waals surface area contributed by atoms with E-state index in [4.69, 9.17) is 4.74 Å². The van der Waals surface area contributed by atoms with Gasteiger partial charge in [0.1, 0.15) is 11.3 Å². The maximum absolute atomic E-state index is 12.9. The van der Waals surface area contributed by atoms with Gasteiger partial charge in [0.05, 0.1) is 6.61 Å². The standard InChI is InChI=1S/C21H25N5O2/c1-2-28-20-8-7-17(14-22-20)15-24-9-5-11-25(13-12-24)21(27)18-16-26-10-4-3-6-19(26)23-18/h3-4,6-8,10,14,16H,2,5,9,11-13,15H2,1H3. The normalized spacial score (nSPS) is 15.5. The first-order chi connectivity index (χ1) is 13.7. The summed E-state index contributed by atoms with van der Waals surface area (Å²) in [5.74, 6) is 0.666. The highest BCUT2D eigenvalue weighted by Gasteiger charge is 2.22. The Morgan fingerprint density at radius 2 is 2.07 bits per heavy atom. The fraction of sp³-hybridized carbons (Fsp3) is 0.381. The van der Waals surface area contributed by atoms with Gasteiger partial charge in [-0.05, 0) is 31.0 Å². The summed E-state index contributed by atoms with van der Waals surface area (Å²) in [4.78, 5) is 26.0. The van der Waals surface area contributed by atoms with Gasteiger partial charge in [0, 0.05) is 57.4 Å². The van der Waals surface area contributed by atoms with E-state index in [-0.39, 0.29) is 5.91 Å². The number of nitrogens with zero attached hydrogens (tertiary/aromatic N) is 5. The number of hydrogen-bond acceptors (Lipinski definition) is 5. The van der Waals surface area contributed by atoms with Gasteiger partial charge in [0.25, 0.3) is 5.91 Å². The number of carbonyl (C=O) groups is 1. The van der Waals surface area contributed by atoms with E-state index in [9.17, 15) is 4.79 Å². The maximum Gasteiger partial charge on any atom is 0.274 e. The van der Waals surface area contributed by atoms with E-state index in [2.05, 4.69) is 20.9 Å². The smallest absolute Gasteiger partial charge is 0.274 e. The number of rotatable bonds is 5. The van der Waals surface area contributed by atoms with Crippen LogP contribution in [-0.4, -0.2) is 62.9 Å². The molecule has 4 rings (SSSR count). The lowest BCUT2D eigenvalue weighted by Gasteiger charge is -2.21. The fourth-order valence-electron chi connectivity index (χ4n) is 3.53. The van der Waals surface area contributed by atoms with Crippen molar-refractivity contribution in [3.8, 4) is 5.88 Å². The molecule has 0 aliphatic carbocycles. The van der Waals surface area contributed by atoms with Gasteiger partial charge in [-0.15, -0.1) is 0 Å². The number of ether oxygens (including phenoxy) is 1. The van der Waals surface area contributed by atoms with Crippen LogP contribution in [0.25, 0.3) is 5.65 Å². The number of hydrogen-bond donors (Lipinski definition) is 0. The first-order valence-corrected chi connectivity index (χ1v) is 9.76. The lowest BCUT2D eigenvalue weighted by atomic mass is 10.2. The molecule has 0 saturated carbocycles. The molecule has 7 nitrogen and oxygen atoms in total. The molecule has 0 aromatic carbocycles. The zero-order chi connectivity index (χ0) is 19.3. The monoisotopic (exact) mass is 379 g/mol. The predicted molar refractivity (Wildman–Crippen MR) is 106 cm³/mol. The van der Waals surface area contributed by atoms with Crippen LogP contribution in [0.3, 0.4) is 0 Å². The van der Waals surface area contributed by atoms with Gasteiger partial charge >= 0.3 is 0 Å². The molecule has 4 heterocycles. The predicted octanol–water partition coefficient (Wildman–Crippen LogP) is 2.48. The average Bonchev–Trinajstić information content (AvgIpc) is 3.02. The first-order valence-electron chi connectivity index (χ1n) is 9.76. The van der Waals surface area contributed by atoms with E-state index in [0.29, 0.717) is 24.7 Å². The summed E-state index contributed by atoms with van der Waals surface area (Å²) in [5.41, 5.74) is 2.46. The average molecular weight is 379 g/mol. The number of fused-ring (bicyclic) bond motifs is 1. The third kappa shape index (κ3) is 4.14. The van der Waals surface area contributed by atoms with Crippen molar-refractivity contribution in [1.29, 1.82) is 0 Å². The maximum atomic E-state index is 12.9. The van der Waals surface area contributed by atoms with Crippen LogP contribution in [0.4, 0.5) is 0 Å². The minimum absolute atomic E-state index is 0.00767. The summed E-state index contributed by atoms with van der Waals surface area (Å²) < 4.78 is 7.28. The van der Waals surface area contributed by atoms with Crippen LogP contribution >= 0.6 is 0 Å². The summed E-state index contributed by atoms with van der Waals surface area (Å²) in [6.45, 7) is 6.66. The van der Waals surface area contributed by atoms with Gasteiger partial charge in [0.15, 0.2) is 0 Å². The molecule has 7 heteroatoms. The van der Waals surface area contributed by atoms with Crippen LogP contribution < -0.4 is 4.74 Å². The molecule has 0 spiro atoms. The van der Waals surface area contributed by atoms with Crippen LogP contribution in [0.1, 0.15) is 29.4 Å². The summed E-state index contributed by atoms with van der Waals surface area (Å²) in [7, 11) is 0. The van der Waals surface area contributed by atoms with Crippen molar-refractivity contribution in [2.75, 3.05) is 32.8 Å². The quantitative estimate of drug-likeness (QED) is 0.682. The zero-order valence-corrected chi connectivity index (χ0v) is 16.1. The molecule has 1 aliphatic rings. The molecule has 146 valence electrons. The Morgan fingerprint density at radius 3 is 2.86 bits per heavy atom. The Morgan fingerprint density at radius 1 is 1.14 bits per heavy atom. The second kappa shape index (κ2) is 8.39. The first kappa shape index (κ1) is 18.4. The number of aromatic nitrogens is 3. The van der Waals surface area contributed by atoms with Crippen LogP contribution in [0.5, 0.6) is 5.88 Å². The SMILES string of the molecule is CCOc1ccc(CN2CCCN(C(=O)c3cn4ccccc4n3)CC2)cn1. The number of carbonyl (C=O) groups excluding carboxylic acids is 1. The molecular weight excluding hydrogens is 354 g/mol. The van der Waals surface area contributed by atoms with Crippen LogP contribution in [0.15, 0.2) is 48.9 Å². The minimum Gasteiger partial charge on any atom is -0.478 e. The molecule has 0 bridgehead atoms. The van der Waals surface area contributed by atoms with Gasteiger partial charge in [-0.25, -0.2) is 9.97 Å². The molecule has 0 radical (unpaired) electrons. The molecule has 1 amide bonds. The van der Waals surface area contributed by atoms with Gasteiger partial charge in [0.2, 0.25) is 5.88 Å². The molecule has 1 fully saturated rings. The van der Waals surface area contributed by atoms with E-state index < -0.39 is 0 Å². The fourth-order valence-corrected chi connectivity index (χ4v) is 3.53. The third-order valence-corrected chi connectivity index (χ3v) is 4.95. The van der Waals surface area contributed by atoms with E-state index in [1.54, 1.807) is 0 Å². The van der Waals surface area contributed by atoms with Gasteiger partial charge in [-0.3, -0.25) is 9.69 Å². The third-order valence-electron chi connectivity index (χ3n) is 4.95. The summed E-state index contributed by atoms with van der Waals surface area (Å²) in [6, 6.07) is 9.74. The van der Waals surface area contributed by atoms with Crippen molar-refractivity contribution in [3.05, 3.63) is 60.2 Å². The second-order valence-corrected chi connectivity index (χ2v) is 6.95. The zero-order valence-electron chi connectivity index (χ0n) is 16.1. The molecule has 0 unspecified atom stereocenters. The van der Waals surface area contributed by atoms with Crippen LogP contribution in [0, 0.1) is 0 Å². The van der Waals surface area contributed by atoms with Crippen molar-refractivity contribution in [1.82, 2.24) is 24.2 Å². The van der Waals surface area contributed by atoms with Gasteiger partial charge in [-0.1, -0.05) is 12.1 Å². The van der Waals surface area contributed by atoms with Crippen molar-refractivity contribution in [2.24, 2.45) is 0 Å². The van der Waals surface area contributed by atoms with E-state index in [1.807, 2.05) is 59.1 Å². The summed E-state index contributed by atoms with van der Waals surface area (Å²) in [6.07, 6.45) is 6.54. The highest BCUT2D eigenvalue weighted by atomic mass is 16.5. The summed E-state index contributed by atoms with van der Waals surface area (Å²) >= 11 is 0. The molecule has 3 aromatic rings. The Bertz CT molecular complexity index is 904. The molecular formula is C21H25N5O2. The number of imidazole rings is 1. The van der Waals surface area contributed by atoms with E-state index >= 15 is 0 Å². The lowest BCUT2D eigenvalue weighted by Crippen LogP contribution is -2.35. The number of amides is 1. The number of pyridine rings is 2. The van der Waals surface area contributed by atoms with Crippen molar-refractivity contribution in [2.45, 2.75) is 19.9 Å². The Kier molecular flexibility index (Phi) is 5.53. The van der Waals surface area contributed by atoms with Crippen LogP contribution in [-0.2, 0) is 6.54 Å². The lowest BCUT2D eigenvalue weighted by molar-refractivity contribution is 0.0756. The highest BCUT2D eigenvalue weighted by molar-refractivity contribution is 5.93. The van der Waals surface area contributed by atoms with E-state index in [0.717, 1.165) is 43.8 Å². The molecule has 1 saturated heterocycles. The Labute approximate surface area is 164 Å². The van der Waals surface area contributed by atoms with Crippen molar-refractivity contribution in [3.63, 3.8) is 0 Å². The Hall–Kier alpha value is -2.93. The second-order valence-electron chi connectivity index (χ2n) is 6.95. The molecule has 1 aliphatic heterocycles. The van der Waals surface area contributed by atoms with Gasteiger partial charge < -0.3 is 14.0 Å². The molecule has 0 atom stereocenters. The summed E-state index contributed by atoms with van der Waals surface area (Å²) in [5, 5.41) is 0.